The molecule has 2 bridgehead atoms. The van der Waals surface area contributed by atoms with Crippen molar-refractivity contribution in [2.24, 2.45) is 11.8 Å². The van der Waals surface area contributed by atoms with Crippen molar-refractivity contribution in [2.75, 3.05) is 13.1 Å². The molecule has 7 heteroatoms. The number of hydrogen-bond donors (Lipinski definition) is 3. The van der Waals surface area contributed by atoms with E-state index in [0.717, 1.165) is 43.5 Å². The van der Waals surface area contributed by atoms with Gasteiger partial charge in [0.25, 0.3) is 0 Å². The molecule has 1 spiro atoms. The summed E-state index contributed by atoms with van der Waals surface area (Å²) in [6.45, 7) is 1.76. The minimum atomic E-state index is -1.24. The number of ketones is 1. The second kappa shape index (κ2) is 6.26. The molecule has 1 aromatic rings. The number of nitrogens with zero attached hydrogens (tertiary/aromatic N) is 1. The molecule has 0 aromatic heterocycles. The summed E-state index contributed by atoms with van der Waals surface area (Å²) >= 11 is 0. The van der Waals surface area contributed by atoms with E-state index in [1.165, 1.54) is 12.8 Å². The van der Waals surface area contributed by atoms with Gasteiger partial charge in [-0.3, -0.25) is 14.5 Å². The number of amides is 1. The molecular weight excluding hydrogens is 408 g/mol. The predicted molar refractivity (Wildman–Crippen MR) is 114 cm³/mol. The number of nitrogens with one attached hydrogen (secondary N) is 1. The Morgan fingerprint density at radius 1 is 1.25 bits per heavy atom. The molecule has 4 fully saturated rings. The van der Waals surface area contributed by atoms with Gasteiger partial charge in [0.1, 0.15) is 5.92 Å². The maximum absolute atomic E-state index is 13.7. The van der Waals surface area contributed by atoms with Crippen LogP contribution < -0.4 is 10.1 Å². The van der Waals surface area contributed by atoms with Gasteiger partial charge in [0.2, 0.25) is 5.91 Å². The molecule has 170 valence electrons. The Morgan fingerprint density at radius 3 is 2.78 bits per heavy atom. The molecule has 5 atom stereocenters. The standard InChI is InChI=1S/C25H30N2O5/c28-17-7-6-14-10-18-25(31)11-16(23(30)26-15-2-1-3-15)20(29)22-24(25,19(14)21(17)32-22)8-9-27(18)12-13-4-5-13/h6-7,13,15-16,18,22,28,31H,1-5,8-12H2,(H,26,30)/t16?,18-,22+,24+,25-/m1/s1. The number of ether oxygens (including phenoxy) is 1. The quantitative estimate of drug-likeness (QED) is 0.615. The predicted octanol–water partition coefficient (Wildman–Crippen LogP) is 1.42. The zero-order chi connectivity index (χ0) is 21.8. The fourth-order valence-corrected chi connectivity index (χ4v) is 7.38. The second-order valence-corrected chi connectivity index (χ2v) is 11.0. The average Bonchev–Trinajstić information content (AvgIpc) is 3.47. The van der Waals surface area contributed by atoms with E-state index in [2.05, 4.69) is 10.2 Å². The van der Waals surface area contributed by atoms with Crippen molar-refractivity contribution in [2.45, 2.75) is 80.6 Å². The van der Waals surface area contributed by atoms with Crippen LogP contribution in [0.3, 0.4) is 0 Å². The lowest BCUT2D eigenvalue weighted by atomic mass is 9.47. The Kier molecular flexibility index (Phi) is 3.79. The first-order valence-electron chi connectivity index (χ1n) is 12.2. The summed E-state index contributed by atoms with van der Waals surface area (Å²) in [4.78, 5) is 29.3. The number of aliphatic hydroxyl groups is 1. The Balaban J connectivity index is 1.35. The third kappa shape index (κ3) is 2.29. The van der Waals surface area contributed by atoms with Gasteiger partial charge in [0.15, 0.2) is 23.4 Å². The fraction of sp³-hybridized carbons (Fsp3) is 0.680. The number of rotatable bonds is 4. The minimum Gasteiger partial charge on any atom is -0.504 e. The van der Waals surface area contributed by atoms with Crippen molar-refractivity contribution < 1.29 is 24.5 Å². The van der Waals surface area contributed by atoms with Gasteiger partial charge < -0.3 is 20.3 Å². The molecule has 3 N–H and O–H groups in total. The minimum absolute atomic E-state index is 0.0111. The van der Waals surface area contributed by atoms with Crippen LogP contribution in [0.15, 0.2) is 12.1 Å². The number of carbonyl (C=O) groups is 2. The van der Waals surface area contributed by atoms with Crippen LogP contribution in [0, 0.1) is 11.8 Å². The molecule has 1 unspecified atom stereocenters. The zero-order valence-corrected chi connectivity index (χ0v) is 18.2. The van der Waals surface area contributed by atoms with Gasteiger partial charge in [-0.05, 0) is 75.5 Å². The lowest BCUT2D eigenvalue weighted by molar-refractivity contribution is -0.198. The highest BCUT2D eigenvalue weighted by molar-refractivity contribution is 6.06. The van der Waals surface area contributed by atoms with Crippen molar-refractivity contribution >= 4 is 11.7 Å². The number of aromatic hydroxyl groups is 1. The van der Waals surface area contributed by atoms with Crippen LogP contribution in [-0.4, -0.2) is 63.7 Å². The molecule has 2 heterocycles. The molecule has 4 aliphatic carbocycles. The van der Waals surface area contributed by atoms with E-state index in [1.807, 2.05) is 6.07 Å². The van der Waals surface area contributed by atoms with Gasteiger partial charge in [0.05, 0.1) is 11.0 Å². The number of Topliss-reactive ketones (excluding diaryl/α,β-unsaturated/α-hetero) is 1. The lowest BCUT2D eigenvalue weighted by Gasteiger charge is -2.63. The Labute approximate surface area is 187 Å². The SMILES string of the molecule is O=C(NC1CCC1)C1C[C@@]2(O)[C@H]3Cc4ccc(O)c5c4[C@@]2(CCN3CC2CC2)[C@@H](O5)C1=O. The summed E-state index contributed by atoms with van der Waals surface area (Å²) < 4.78 is 6.18. The zero-order valence-electron chi connectivity index (χ0n) is 18.2. The van der Waals surface area contributed by atoms with Crippen LogP contribution in [0.5, 0.6) is 11.5 Å². The van der Waals surface area contributed by atoms with Crippen LogP contribution in [-0.2, 0) is 21.4 Å². The van der Waals surface area contributed by atoms with Crippen molar-refractivity contribution in [3.63, 3.8) is 0 Å². The number of piperidine rings is 1. The van der Waals surface area contributed by atoms with Gasteiger partial charge >= 0.3 is 0 Å². The first-order valence-corrected chi connectivity index (χ1v) is 12.2. The summed E-state index contributed by atoms with van der Waals surface area (Å²) in [7, 11) is 0. The average molecular weight is 439 g/mol. The normalized spacial score (nSPS) is 39.8. The van der Waals surface area contributed by atoms with Crippen molar-refractivity contribution in [1.29, 1.82) is 0 Å². The van der Waals surface area contributed by atoms with E-state index in [4.69, 9.17) is 4.74 Å². The second-order valence-electron chi connectivity index (χ2n) is 11.0. The lowest BCUT2D eigenvalue weighted by Crippen LogP contribution is -2.78. The highest BCUT2D eigenvalue weighted by Gasteiger charge is 2.75. The van der Waals surface area contributed by atoms with Crippen LogP contribution in [0.25, 0.3) is 0 Å². The van der Waals surface area contributed by atoms with Crippen LogP contribution in [0.2, 0.25) is 0 Å². The smallest absolute Gasteiger partial charge is 0.231 e. The molecule has 1 aromatic carbocycles. The van der Waals surface area contributed by atoms with E-state index < -0.39 is 23.0 Å². The maximum atomic E-state index is 13.7. The number of hydrogen-bond acceptors (Lipinski definition) is 6. The third-order valence-electron chi connectivity index (χ3n) is 9.40. The van der Waals surface area contributed by atoms with Crippen LogP contribution in [0.1, 0.15) is 56.1 Å². The third-order valence-corrected chi connectivity index (χ3v) is 9.40. The van der Waals surface area contributed by atoms with Crippen molar-refractivity contribution in [3.05, 3.63) is 23.3 Å². The summed E-state index contributed by atoms with van der Waals surface area (Å²) in [6, 6.07) is 3.54. The molecule has 2 aliphatic heterocycles. The van der Waals surface area contributed by atoms with Crippen LogP contribution in [0.4, 0.5) is 0 Å². The van der Waals surface area contributed by atoms with Gasteiger partial charge in [-0.25, -0.2) is 0 Å². The first kappa shape index (κ1) is 19.4. The molecule has 3 saturated carbocycles. The maximum Gasteiger partial charge on any atom is 0.231 e. The number of likely N-dealkylation sites (tertiary alicyclic amines) is 1. The molecular formula is C25H30N2O5. The summed E-state index contributed by atoms with van der Waals surface area (Å²) in [5.41, 5.74) is -0.255. The van der Waals surface area contributed by atoms with Gasteiger partial charge in [-0.1, -0.05) is 6.07 Å². The Hall–Kier alpha value is -2.12. The molecule has 7 nitrogen and oxygen atoms in total. The molecule has 1 amide bonds. The molecule has 6 aliphatic rings. The van der Waals surface area contributed by atoms with E-state index in [1.54, 1.807) is 6.07 Å². The summed E-state index contributed by atoms with van der Waals surface area (Å²) in [5, 5.41) is 26.1. The topological polar surface area (TPSA) is 99.1 Å². The molecule has 1 saturated heterocycles. The Bertz CT molecular complexity index is 1030. The number of benzene rings is 1. The van der Waals surface area contributed by atoms with E-state index in [0.29, 0.717) is 24.5 Å². The molecule has 0 radical (unpaired) electrons. The first-order chi connectivity index (χ1) is 15.4. The van der Waals surface area contributed by atoms with E-state index in [9.17, 15) is 19.8 Å². The number of phenolic OH excluding ortho intramolecular Hbond substituents is 1. The monoisotopic (exact) mass is 438 g/mol. The van der Waals surface area contributed by atoms with Gasteiger partial charge in [-0.2, -0.15) is 0 Å². The number of phenols is 1. The fourth-order valence-electron chi connectivity index (χ4n) is 7.38. The van der Waals surface area contributed by atoms with Crippen LogP contribution >= 0.6 is 0 Å². The highest BCUT2D eigenvalue weighted by atomic mass is 16.5. The van der Waals surface area contributed by atoms with Gasteiger partial charge in [-0.15, -0.1) is 0 Å². The molecule has 32 heavy (non-hydrogen) atoms. The van der Waals surface area contributed by atoms with Crippen molar-refractivity contribution in [3.8, 4) is 11.5 Å². The Morgan fingerprint density at radius 2 is 2.06 bits per heavy atom. The number of carbonyl (C=O) groups excluding carboxylic acids is 2. The van der Waals surface area contributed by atoms with Crippen molar-refractivity contribution in [1.82, 2.24) is 10.2 Å². The largest absolute Gasteiger partial charge is 0.504 e. The summed E-state index contributed by atoms with van der Waals surface area (Å²) in [6.07, 6.45) is 5.91. The van der Waals surface area contributed by atoms with E-state index >= 15 is 0 Å². The molecule has 7 rings (SSSR count). The highest BCUT2D eigenvalue weighted by Crippen LogP contribution is 2.65. The summed E-state index contributed by atoms with van der Waals surface area (Å²) in [5.74, 6) is -0.401. The van der Waals surface area contributed by atoms with E-state index in [-0.39, 0.29) is 35.9 Å². The van der Waals surface area contributed by atoms with Gasteiger partial charge in [0, 0.05) is 24.2 Å².